The number of hydrogen-bond acceptors (Lipinski definition) is 6. The summed E-state index contributed by atoms with van der Waals surface area (Å²) >= 11 is 2.26. The highest BCUT2D eigenvalue weighted by molar-refractivity contribution is 8.04. The molecule has 1 atom stereocenters. The van der Waals surface area contributed by atoms with Crippen molar-refractivity contribution in [3.63, 3.8) is 0 Å². The predicted molar refractivity (Wildman–Crippen MR) is 108 cm³/mol. The lowest BCUT2D eigenvalue weighted by Gasteiger charge is -2.19. The molecule has 1 aromatic carbocycles. The first-order chi connectivity index (χ1) is 12.8. The van der Waals surface area contributed by atoms with Gasteiger partial charge in [-0.25, -0.2) is 0 Å². The summed E-state index contributed by atoms with van der Waals surface area (Å²) in [6.07, 6.45) is 1.58. The van der Waals surface area contributed by atoms with Gasteiger partial charge in [-0.2, -0.15) is 12.8 Å². The topological polar surface area (TPSA) is 107 Å². The summed E-state index contributed by atoms with van der Waals surface area (Å²) in [6, 6.07) is 9.86. The molecule has 140 valence electrons. The minimum absolute atomic E-state index is 0.108. The van der Waals surface area contributed by atoms with E-state index in [1.807, 2.05) is 0 Å². The number of ketones is 1. The number of Topliss-reactive ketones (excluding diaryl/α,β-unsaturated/α-hetero) is 1. The first-order valence-electron chi connectivity index (χ1n) is 7.97. The summed E-state index contributed by atoms with van der Waals surface area (Å²) in [7, 11) is -3.88. The van der Waals surface area contributed by atoms with Gasteiger partial charge in [0.05, 0.1) is 10.6 Å². The summed E-state index contributed by atoms with van der Waals surface area (Å²) in [5.41, 5.74) is 6.27. The second-order valence-electron chi connectivity index (χ2n) is 5.87. The van der Waals surface area contributed by atoms with Crippen LogP contribution >= 0.6 is 23.1 Å². The van der Waals surface area contributed by atoms with Crippen molar-refractivity contribution in [2.45, 2.75) is 22.8 Å². The number of primary amides is 1. The van der Waals surface area contributed by atoms with E-state index in [2.05, 4.69) is 4.40 Å². The van der Waals surface area contributed by atoms with E-state index in [9.17, 15) is 18.0 Å². The van der Waals surface area contributed by atoms with Gasteiger partial charge in [0, 0.05) is 22.8 Å². The van der Waals surface area contributed by atoms with Gasteiger partial charge in [0.2, 0.25) is 5.91 Å². The molecule has 0 spiro atoms. The molecule has 3 rings (SSSR count). The first-order valence-corrected chi connectivity index (χ1v) is 11.2. The number of carbonyl (C=O) groups is 2. The summed E-state index contributed by atoms with van der Waals surface area (Å²) in [5, 5.41) is 1.44. The summed E-state index contributed by atoms with van der Waals surface area (Å²) in [6.45, 7) is 1.78. The van der Waals surface area contributed by atoms with Crippen molar-refractivity contribution >= 4 is 50.5 Å². The van der Waals surface area contributed by atoms with E-state index in [4.69, 9.17) is 5.73 Å². The SMILES string of the molecule is CC(CC(N)=O)SC1=CC(=NS(=O)(=O)c2cccs2)c2ccccc2C1=O. The molecule has 1 aliphatic carbocycles. The number of sulfonamides is 1. The number of benzene rings is 1. The maximum atomic E-state index is 12.8. The van der Waals surface area contributed by atoms with Crippen LogP contribution in [0.5, 0.6) is 0 Å². The van der Waals surface area contributed by atoms with Gasteiger partial charge in [-0.3, -0.25) is 9.59 Å². The van der Waals surface area contributed by atoms with E-state index >= 15 is 0 Å². The largest absolute Gasteiger partial charge is 0.370 e. The molecule has 0 fully saturated rings. The monoisotopic (exact) mass is 420 g/mol. The van der Waals surface area contributed by atoms with Crippen LogP contribution in [0, 0.1) is 0 Å². The second kappa shape index (κ2) is 7.79. The number of nitrogens with zero attached hydrogens (tertiary/aromatic N) is 1. The summed E-state index contributed by atoms with van der Waals surface area (Å²) in [4.78, 5) is 24.2. The highest BCUT2D eigenvalue weighted by atomic mass is 32.2. The number of allylic oxidation sites excluding steroid dienone is 2. The summed E-state index contributed by atoms with van der Waals surface area (Å²) < 4.78 is 29.2. The molecule has 1 aromatic heterocycles. The Labute approximate surface area is 165 Å². The third-order valence-electron chi connectivity index (χ3n) is 3.72. The number of carbonyl (C=O) groups excluding carboxylic acids is 2. The second-order valence-corrected chi connectivity index (χ2v) is 10.1. The molecule has 0 aliphatic heterocycles. The van der Waals surface area contributed by atoms with Crippen LogP contribution in [0.15, 0.2) is 61.4 Å². The fourth-order valence-electron chi connectivity index (χ4n) is 2.59. The Balaban J connectivity index is 2.06. The van der Waals surface area contributed by atoms with Crippen molar-refractivity contribution < 1.29 is 18.0 Å². The van der Waals surface area contributed by atoms with E-state index in [0.29, 0.717) is 16.0 Å². The third kappa shape index (κ3) is 4.37. The van der Waals surface area contributed by atoms with Gasteiger partial charge in [-0.1, -0.05) is 37.3 Å². The van der Waals surface area contributed by atoms with E-state index in [0.717, 1.165) is 11.3 Å². The van der Waals surface area contributed by atoms with Gasteiger partial charge in [0.25, 0.3) is 10.0 Å². The van der Waals surface area contributed by atoms with Crippen LogP contribution in [0.1, 0.15) is 29.3 Å². The lowest BCUT2D eigenvalue weighted by molar-refractivity contribution is -0.117. The highest BCUT2D eigenvalue weighted by Gasteiger charge is 2.27. The molecule has 1 aliphatic rings. The molecule has 1 amide bonds. The van der Waals surface area contributed by atoms with Gasteiger partial charge in [0.1, 0.15) is 4.21 Å². The molecule has 1 unspecified atom stereocenters. The summed E-state index contributed by atoms with van der Waals surface area (Å²) in [5.74, 6) is -0.687. The van der Waals surface area contributed by atoms with E-state index in [-0.39, 0.29) is 27.4 Å². The van der Waals surface area contributed by atoms with Gasteiger partial charge < -0.3 is 5.73 Å². The van der Waals surface area contributed by atoms with Crippen molar-refractivity contribution in [2.24, 2.45) is 10.1 Å². The van der Waals surface area contributed by atoms with Crippen LogP contribution in [0.4, 0.5) is 0 Å². The Morgan fingerprint density at radius 1 is 1.22 bits per heavy atom. The maximum Gasteiger partial charge on any atom is 0.292 e. The number of thiophene rings is 1. The number of rotatable bonds is 6. The van der Waals surface area contributed by atoms with E-state index in [1.54, 1.807) is 42.6 Å². The van der Waals surface area contributed by atoms with Crippen LogP contribution in [-0.2, 0) is 14.8 Å². The Kier molecular flexibility index (Phi) is 5.64. The lowest BCUT2D eigenvalue weighted by Crippen LogP contribution is -2.20. The molecule has 9 heteroatoms. The first kappa shape index (κ1) is 19.5. The van der Waals surface area contributed by atoms with Gasteiger partial charge in [-0.05, 0) is 17.5 Å². The van der Waals surface area contributed by atoms with Gasteiger partial charge in [0.15, 0.2) is 5.78 Å². The normalized spacial score (nSPS) is 16.7. The molecule has 0 bridgehead atoms. The minimum Gasteiger partial charge on any atom is -0.370 e. The number of amides is 1. The zero-order valence-corrected chi connectivity index (χ0v) is 16.7. The van der Waals surface area contributed by atoms with Crippen LogP contribution in [0.3, 0.4) is 0 Å². The molecule has 6 nitrogen and oxygen atoms in total. The van der Waals surface area contributed by atoms with Crippen LogP contribution in [0.2, 0.25) is 0 Å². The number of fused-ring (bicyclic) bond motifs is 1. The van der Waals surface area contributed by atoms with E-state index in [1.165, 1.54) is 23.9 Å². The van der Waals surface area contributed by atoms with Crippen molar-refractivity contribution in [2.75, 3.05) is 0 Å². The molecular weight excluding hydrogens is 404 g/mol. The standard InChI is InChI=1S/C18H16N2O4S3/c1-11(9-16(19)21)26-15-10-14(12-5-2-3-6-13(12)18(15)22)20-27(23,24)17-7-4-8-25-17/h2-8,10-11H,9H2,1H3,(H2,19,21). The maximum absolute atomic E-state index is 12.8. The van der Waals surface area contributed by atoms with Crippen molar-refractivity contribution in [3.05, 3.63) is 63.9 Å². The Morgan fingerprint density at radius 2 is 1.93 bits per heavy atom. The van der Waals surface area contributed by atoms with Crippen molar-refractivity contribution in [3.8, 4) is 0 Å². The molecule has 27 heavy (non-hydrogen) atoms. The zero-order chi connectivity index (χ0) is 19.6. The smallest absolute Gasteiger partial charge is 0.292 e. The Hall–Kier alpha value is -2.23. The number of thioether (sulfide) groups is 1. The molecular formula is C18H16N2O4S3. The zero-order valence-electron chi connectivity index (χ0n) is 14.3. The Morgan fingerprint density at radius 3 is 2.56 bits per heavy atom. The number of nitrogens with two attached hydrogens (primary N) is 1. The fraction of sp³-hybridized carbons (Fsp3) is 0.167. The minimum atomic E-state index is -3.88. The average Bonchev–Trinajstić information content (AvgIpc) is 3.14. The predicted octanol–water partition coefficient (Wildman–Crippen LogP) is 3.00. The van der Waals surface area contributed by atoms with Crippen molar-refractivity contribution in [1.29, 1.82) is 0 Å². The molecule has 0 radical (unpaired) electrons. The number of hydrogen-bond donors (Lipinski definition) is 1. The van der Waals surface area contributed by atoms with Crippen LogP contribution in [-0.4, -0.2) is 31.1 Å². The quantitative estimate of drug-likeness (QED) is 0.773. The molecule has 0 saturated heterocycles. The van der Waals surface area contributed by atoms with Crippen molar-refractivity contribution in [1.82, 2.24) is 0 Å². The molecule has 1 heterocycles. The highest BCUT2D eigenvalue weighted by Crippen LogP contribution is 2.33. The Bertz CT molecular complexity index is 1050. The van der Waals surface area contributed by atoms with Crippen LogP contribution < -0.4 is 5.73 Å². The fourth-order valence-corrected chi connectivity index (χ4v) is 5.64. The average molecular weight is 421 g/mol. The lowest BCUT2D eigenvalue weighted by atomic mass is 9.94. The molecule has 0 saturated carbocycles. The molecule has 2 aromatic rings. The van der Waals surface area contributed by atoms with Crippen LogP contribution in [0.25, 0.3) is 0 Å². The molecule has 2 N–H and O–H groups in total. The third-order valence-corrected chi connectivity index (χ3v) is 7.51. The van der Waals surface area contributed by atoms with Gasteiger partial charge in [-0.15, -0.1) is 23.1 Å². The van der Waals surface area contributed by atoms with E-state index < -0.39 is 15.9 Å². The van der Waals surface area contributed by atoms with Gasteiger partial charge >= 0.3 is 0 Å².